The van der Waals surface area contributed by atoms with Gasteiger partial charge in [0.1, 0.15) is 5.76 Å². The van der Waals surface area contributed by atoms with Crippen molar-refractivity contribution in [3.8, 4) is 0 Å². The number of hydrogen-bond acceptors (Lipinski definition) is 5. The number of anilines is 1. The number of likely N-dealkylation sites (tertiary alicyclic amines) is 1. The number of aryl methyl sites for hydroxylation is 1. The van der Waals surface area contributed by atoms with Gasteiger partial charge in [0.15, 0.2) is 5.82 Å². The summed E-state index contributed by atoms with van der Waals surface area (Å²) >= 11 is 0. The monoisotopic (exact) mass is 322 g/mol. The van der Waals surface area contributed by atoms with Gasteiger partial charge in [-0.05, 0) is 33.6 Å². The molecule has 23 heavy (non-hydrogen) atoms. The second-order valence-electron chi connectivity index (χ2n) is 6.72. The Kier molecular flexibility index (Phi) is 4.87. The predicted molar refractivity (Wildman–Crippen MR) is 86.4 cm³/mol. The summed E-state index contributed by atoms with van der Waals surface area (Å²) in [5.74, 6) is 1.17. The summed E-state index contributed by atoms with van der Waals surface area (Å²) in [5.41, 5.74) is 0. The number of amides is 2. The molecule has 0 aromatic carbocycles. The molecule has 0 unspecified atom stereocenters. The number of nitrogens with one attached hydrogen (secondary N) is 1. The highest BCUT2D eigenvalue weighted by Gasteiger charge is 2.32. The first-order valence-electron chi connectivity index (χ1n) is 8.40. The fourth-order valence-electron chi connectivity index (χ4n) is 3.63. The molecule has 128 valence electrons. The molecule has 2 fully saturated rings. The van der Waals surface area contributed by atoms with Crippen molar-refractivity contribution in [3.63, 3.8) is 0 Å². The molecule has 7 heteroatoms. The van der Waals surface area contributed by atoms with E-state index in [0.29, 0.717) is 11.6 Å². The predicted octanol–water partition coefficient (Wildman–Crippen LogP) is 2.09. The largest absolute Gasteiger partial charge is 0.373 e. The minimum Gasteiger partial charge on any atom is -0.373 e. The fourth-order valence-corrected chi connectivity index (χ4v) is 3.63. The average molecular weight is 322 g/mol. The Labute approximate surface area is 136 Å². The number of carbonyl (C=O) groups excluding carboxylic acids is 1. The van der Waals surface area contributed by atoms with Crippen molar-refractivity contribution < 1.29 is 14.1 Å². The standard InChI is InChI=1S/C16H26N4O3/c1-11-7-15(18-23-11)17-16(21)20-6-4-5-14(20)10-19-8-12(2)22-13(3)9-19/h7,12-14H,4-6,8-10H2,1-3H3,(H,17,18,21)/t12-,13-,14-/m1/s1. The van der Waals surface area contributed by atoms with Crippen molar-refractivity contribution in [1.29, 1.82) is 0 Å². The molecule has 0 bridgehead atoms. The topological polar surface area (TPSA) is 70.8 Å². The van der Waals surface area contributed by atoms with Crippen molar-refractivity contribution in [2.75, 3.05) is 31.5 Å². The van der Waals surface area contributed by atoms with E-state index in [4.69, 9.17) is 9.26 Å². The van der Waals surface area contributed by atoms with E-state index in [9.17, 15) is 4.79 Å². The van der Waals surface area contributed by atoms with Crippen molar-refractivity contribution >= 4 is 11.8 Å². The summed E-state index contributed by atoms with van der Waals surface area (Å²) in [5, 5.41) is 6.66. The van der Waals surface area contributed by atoms with Crippen LogP contribution in [0.4, 0.5) is 10.6 Å². The molecule has 1 aromatic heterocycles. The van der Waals surface area contributed by atoms with E-state index >= 15 is 0 Å². The van der Waals surface area contributed by atoms with E-state index in [0.717, 1.165) is 39.0 Å². The van der Waals surface area contributed by atoms with Crippen molar-refractivity contribution in [2.45, 2.75) is 51.9 Å². The third-order valence-corrected chi connectivity index (χ3v) is 4.47. The van der Waals surface area contributed by atoms with Crippen LogP contribution in [-0.2, 0) is 4.74 Å². The van der Waals surface area contributed by atoms with Gasteiger partial charge in [0.25, 0.3) is 0 Å². The van der Waals surface area contributed by atoms with Crippen molar-refractivity contribution in [3.05, 3.63) is 11.8 Å². The zero-order valence-electron chi connectivity index (χ0n) is 14.1. The van der Waals surface area contributed by atoms with Crippen LogP contribution >= 0.6 is 0 Å². The van der Waals surface area contributed by atoms with Gasteiger partial charge >= 0.3 is 6.03 Å². The Morgan fingerprint density at radius 2 is 2.13 bits per heavy atom. The Morgan fingerprint density at radius 3 is 2.78 bits per heavy atom. The number of carbonyl (C=O) groups is 1. The second-order valence-corrected chi connectivity index (χ2v) is 6.72. The summed E-state index contributed by atoms with van der Waals surface area (Å²) in [6.07, 6.45) is 2.59. The van der Waals surface area contributed by atoms with E-state index in [2.05, 4.69) is 29.2 Å². The molecule has 2 saturated heterocycles. The van der Waals surface area contributed by atoms with Crippen LogP contribution in [0.2, 0.25) is 0 Å². The van der Waals surface area contributed by atoms with Gasteiger partial charge in [-0.1, -0.05) is 5.16 Å². The number of aromatic nitrogens is 1. The van der Waals surface area contributed by atoms with Gasteiger partial charge in [-0.15, -0.1) is 0 Å². The highest BCUT2D eigenvalue weighted by atomic mass is 16.5. The molecule has 0 radical (unpaired) electrons. The molecule has 2 aliphatic heterocycles. The number of rotatable bonds is 3. The van der Waals surface area contributed by atoms with Crippen LogP contribution < -0.4 is 5.32 Å². The molecular weight excluding hydrogens is 296 g/mol. The zero-order chi connectivity index (χ0) is 16.4. The lowest BCUT2D eigenvalue weighted by Crippen LogP contribution is -2.51. The molecule has 7 nitrogen and oxygen atoms in total. The molecule has 0 spiro atoms. The van der Waals surface area contributed by atoms with Gasteiger partial charge in [0.2, 0.25) is 0 Å². The lowest BCUT2D eigenvalue weighted by molar-refractivity contribution is -0.0712. The van der Waals surface area contributed by atoms with Gasteiger partial charge in [-0.25, -0.2) is 4.79 Å². The molecule has 1 aromatic rings. The number of ether oxygens (including phenoxy) is 1. The first-order valence-corrected chi connectivity index (χ1v) is 8.40. The quantitative estimate of drug-likeness (QED) is 0.922. The molecule has 2 aliphatic rings. The normalized spacial score (nSPS) is 29.0. The number of morpholine rings is 1. The second kappa shape index (κ2) is 6.88. The molecule has 0 saturated carbocycles. The van der Waals surface area contributed by atoms with E-state index in [1.807, 2.05) is 11.8 Å². The molecule has 3 heterocycles. The van der Waals surface area contributed by atoms with Crippen LogP contribution in [0.3, 0.4) is 0 Å². The van der Waals surface area contributed by atoms with E-state index in [-0.39, 0.29) is 24.3 Å². The highest BCUT2D eigenvalue weighted by Crippen LogP contribution is 2.21. The van der Waals surface area contributed by atoms with Crippen LogP contribution in [-0.4, -0.2) is 65.4 Å². The fraction of sp³-hybridized carbons (Fsp3) is 0.750. The molecule has 3 rings (SSSR count). The van der Waals surface area contributed by atoms with Crippen LogP contribution in [0, 0.1) is 6.92 Å². The van der Waals surface area contributed by atoms with Crippen LogP contribution in [0.15, 0.2) is 10.6 Å². The summed E-state index contributed by atoms with van der Waals surface area (Å²) < 4.78 is 10.8. The Bertz CT molecular complexity index is 537. The maximum Gasteiger partial charge on any atom is 0.323 e. The SMILES string of the molecule is Cc1cc(NC(=O)N2CCC[C@@H]2CN2C[C@@H](C)O[C@H](C)C2)no1. The van der Waals surface area contributed by atoms with Gasteiger partial charge in [-0.3, -0.25) is 10.2 Å². The maximum absolute atomic E-state index is 12.5. The first kappa shape index (κ1) is 16.3. The Morgan fingerprint density at radius 1 is 1.39 bits per heavy atom. The summed E-state index contributed by atoms with van der Waals surface area (Å²) in [7, 11) is 0. The summed E-state index contributed by atoms with van der Waals surface area (Å²) in [4.78, 5) is 16.8. The zero-order valence-corrected chi connectivity index (χ0v) is 14.1. The van der Waals surface area contributed by atoms with Crippen LogP contribution in [0.25, 0.3) is 0 Å². The number of urea groups is 1. The van der Waals surface area contributed by atoms with Crippen LogP contribution in [0.5, 0.6) is 0 Å². The van der Waals surface area contributed by atoms with Crippen molar-refractivity contribution in [1.82, 2.24) is 15.0 Å². The minimum absolute atomic E-state index is 0.0878. The molecule has 2 amide bonds. The summed E-state index contributed by atoms with van der Waals surface area (Å²) in [6, 6.07) is 1.89. The lowest BCUT2D eigenvalue weighted by atomic mass is 10.1. The van der Waals surface area contributed by atoms with Gasteiger partial charge < -0.3 is 14.2 Å². The van der Waals surface area contributed by atoms with Crippen molar-refractivity contribution in [2.24, 2.45) is 0 Å². The Balaban J connectivity index is 1.57. The van der Waals surface area contributed by atoms with Crippen LogP contribution in [0.1, 0.15) is 32.4 Å². The minimum atomic E-state index is -0.0878. The van der Waals surface area contributed by atoms with E-state index in [1.54, 1.807) is 6.07 Å². The van der Waals surface area contributed by atoms with Gasteiger partial charge in [-0.2, -0.15) is 0 Å². The smallest absolute Gasteiger partial charge is 0.323 e. The average Bonchev–Trinajstić information content (AvgIpc) is 3.07. The molecule has 3 atom stereocenters. The molecular formula is C16H26N4O3. The highest BCUT2D eigenvalue weighted by molar-refractivity contribution is 5.88. The molecule has 0 aliphatic carbocycles. The third kappa shape index (κ3) is 4.03. The number of nitrogens with zero attached hydrogens (tertiary/aromatic N) is 3. The van der Waals surface area contributed by atoms with Gasteiger partial charge in [0, 0.05) is 38.3 Å². The van der Waals surface area contributed by atoms with E-state index < -0.39 is 0 Å². The molecule has 1 N–H and O–H groups in total. The maximum atomic E-state index is 12.5. The first-order chi connectivity index (χ1) is 11.0. The van der Waals surface area contributed by atoms with E-state index in [1.165, 1.54) is 0 Å². The number of hydrogen-bond donors (Lipinski definition) is 1. The van der Waals surface area contributed by atoms with Gasteiger partial charge in [0.05, 0.1) is 12.2 Å². The third-order valence-electron chi connectivity index (χ3n) is 4.47. The Hall–Kier alpha value is -1.60. The summed E-state index contributed by atoms with van der Waals surface area (Å²) in [6.45, 7) is 9.58. The lowest BCUT2D eigenvalue weighted by Gasteiger charge is -2.38.